The molecule has 0 aliphatic heterocycles. The summed E-state index contributed by atoms with van der Waals surface area (Å²) in [6.45, 7) is 1.32. The second-order valence-electron chi connectivity index (χ2n) is 3.01. The van der Waals surface area contributed by atoms with Gasteiger partial charge in [-0.2, -0.15) is 0 Å². The van der Waals surface area contributed by atoms with Crippen LogP contribution in [0.1, 0.15) is 6.42 Å². The average Bonchev–Trinajstić information content (AvgIpc) is 2.04. The first kappa shape index (κ1) is 11.8. The standard InChI is InChI=1S/C8H19NO3/c1-9(2)4-3-5-12-8(6-10)7-11/h8,10-11H,3-7H2,1-2H3. The molecule has 0 atom stereocenters. The molecule has 0 saturated heterocycles. The molecule has 0 aliphatic rings. The van der Waals surface area contributed by atoms with Crippen LogP contribution in [-0.2, 0) is 4.74 Å². The number of aliphatic hydroxyl groups excluding tert-OH is 2. The second kappa shape index (κ2) is 7.49. The number of nitrogens with zero attached hydrogens (tertiary/aromatic N) is 1. The van der Waals surface area contributed by atoms with Crippen molar-refractivity contribution in [2.45, 2.75) is 12.5 Å². The lowest BCUT2D eigenvalue weighted by atomic mass is 10.4. The zero-order valence-corrected chi connectivity index (χ0v) is 7.86. The molecule has 0 aromatic rings. The summed E-state index contributed by atoms with van der Waals surface area (Å²) in [5.74, 6) is 0. The summed E-state index contributed by atoms with van der Waals surface area (Å²) in [7, 11) is 3.99. The van der Waals surface area contributed by atoms with E-state index in [9.17, 15) is 0 Å². The van der Waals surface area contributed by atoms with Gasteiger partial charge in [0, 0.05) is 6.61 Å². The van der Waals surface area contributed by atoms with Gasteiger partial charge in [0.1, 0.15) is 6.10 Å². The van der Waals surface area contributed by atoms with E-state index >= 15 is 0 Å². The molecule has 4 nitrogen and oxygen atoms in total. The third-order valence-electron chi connectivity index (χ3n) is 1.51. The highest BCUT2D eigenvalue weighted by molar-refractivity contribution is 4.52. The van der Waals surface area contributed by atoms with Crippen molar-refractivity contribution in [1.29, 1.82) is 0 Å². The highest BCUT2D eigenvalue weighted by Crippen LogP contribution is 1.92. The fraction of sp³-hybridized carbons (Fsp3) is 1.00. The van der Waals surface area contributed by atoms with E-state index < -0.39 is 6.10 Å². The summed E-state index contributed by atoms with van der Waals surface area (Å²) in [6.07, 6.45) is 0.510. The van der Waals surface area contributed by atoms with E-state index in [2.05, 4.69) is 4.90 Å². The lowest BCUT2D eigenvalue weighted by molar-refractivity contribution is -0.0215. The van der Waals surface area contributed by atoms with Crippen LogP contribution in [0.3, 0.4) is 0 Å². The van der Waals surface area contributed by atoms with Crippen LogP contribution >= 0.6 is 0 Å². The first-order valence-corrected chi connectivity index (χ1v) is 4.18. The van der Waals surface area contributed by atoms with Crippen LogP contribution in [-0.4, -0.2) is 61.7 Å². The van der Waals surface area contributed by atoms with Gasteiger partial charge in [0.05, 0.1) is 13.2 Å². The van der Waals surface area contributed by atoms with E-state index in [1.54, 1.807) is 0 Å². The molecule has 0 bridgehead atoms. The Morgan fingerprint density at radius 2 is 1.83 bits per heavy atom. The Morgan fingerprint density at radius 1 is 1.25 bits per heavy atom. The number of hydrogen-bond acceptors (Lipinski definition) is 4. The molecule has 4 heteroatoms. The molecule has 0 aromatic carbocycles. The molecule has 0 radical (unpaired) electrons. The molecule has 0 aliphatic carbocycles. The Kier molecular flexibility index (Phi) is 7.39. The monoisotopic (exact) mass is 177 g/mol. The summed E-state index contributed by atoms with van der Waals surface area (Å²) in [6, 6.07) is 0. The Balaban J connectivity index is 3.17. The van der Waals surface area contributed by atoms with Crippen LogP contribution in [0.5, 0.6) is 0 Å². The third-order valence-corrected chi connectivity index (χ3v) is 1.51. The van der Waals surface area contributed by atoms with E-state index in [1.165, 1.54) is 0 Å². The molecule has 0 saturated carbocycles. The maximum Gasteiger partial charge on any atom is 0.104 e. The van der Waals surface area contributed by atoms with E-state index in [0.717, 1.165) is 13.0 Å². The number of aliphatic hydroxyl groups is 2. The Labute approximate surface area is 73.8 Å². The topological polar surface area (TPSA) is 52.9 Å². The average molecular weight is 177 g/mol. The Hall–Kier alpha value is -0.160. The van der Waals surface area contributed by atoms with Gasteiger partial charge in [0.15, 0.2) is 0 Å². The van der Waals surface area contributed by atoms with Crippen molar-refractivity contribution in [2.75, 3.05) is 40.5 Å². The number of rotatable bonds is 7. The van der Waals surface area contributed by atoms with Crippen molar-refractivity contribution in [3.8, 4) is 0 Å². The van der Waals surface area contributed by atoms with Crippen molar-refractivity contribution >= 4 is 0 Å². The number of ether oxygens (including phenoxy) is 1. The van der Waals surface area contributed by atoms with Crippen LogP contribution < -0.4 is 0 Å². The van der Waals surface area contributed by atoms with Gasteiger partial charge in [0.25, 0.3) is 0 Å². The number of hydrogen-bond donors (Lipinski definition) is 2. The maximum atomic E-state index is 8.64. The SMILES string of the molecule is CN(C)CCCOC(CO)CO. The lowest BCUT2D eigenvalue weighted by Gasteiger charge is -2.13. The molecular formula is C8H19NO3. The predicted octanol–water partition coefficient (Wildman–Crippen LogP) is -0.692. The van der Waals surface area contributed by atoms with Gasteiger partial charge in [-0.25, -0.2) is 0 Å². The lowest BCUT2D eigenvalue weighted by Crippen LogP contribution is -2.24. The molecule has 0 fully saturated rings. The highest BCUT2D eigenvalue weighted by atomic mass is 16.5. The first-order chi connectivity index (χ1) is 5.70. The normalized spacial score (nSPS) is 11.5. The van der Waals surface area contributed by atoms with E-state index in [1.807, 2.05) is 14.1 Å². The quantitative estimate of drug-likeness (QED) is 0.505. The van der Waals surface area contributed by atoms with Crippen molar-refractivity contribution in [3.63, 3.8) is 0 Å². The van der Waals surface area contributed by atoms with Crippen LogP contribution in [0.4, 0.5) is 0 Å². The third kappa shape index (κ3) is 6.54. The summed E-state index contributed by atoms with van der Waals surface area (Å²) in [5.41, 5.74) is 0. The minimum Gasteiger partial charge on any atom is -0.394 e. The smallest absolute Gasteiger partial charge is 0.104 e. The fourth-order valence-electron chi connectivity index (χ4n) is 0.794. The maximum absolute atomic E-state index is 8.64. The summed E-state index contributed by atoms with van der Waals surface area (Å²) < 4.78 is 5.16. The van der Waals surface area contributed by atoms with Gasteiger partial charge in [-0.15, -0.1) is 0 Å². The first-order valence-electron chi connectivity index (χ1n) is 4.18. The van der Waals surface area contributed by atoms with Gasteiger partial charge < -0.3 is 19.8 Å². The fourth-order valence-corrected chi connectivity index (χ4v) is 0.794. The molecular weight excluding hydrogens is 158 g/mol. The van der Waals surface area contributed by atoms with Gasteiger partial charge >= 0.3 is 0 Å². The second-order valence-corrected chi connectivity index (χ2v) is 3.01. The van der Waals surface area contributed by atoms with Crippen LogP contribution in [0.25, 0.3) is 0 Å². The summed E-state index contributed by atoms with van der Waals surface area (Å²) in [5, 5.41) is 17.3. The molecule has 0 aromatic heterocycles. The largest absolute Gasteiger partial charge is 0.394 e. The minimum absolute atomic E-state index is 0.113. The molecule has 74 valence electrons. The molecule has 0 amide bonds. The summed E-state index contributed by atoms with van der Waals surface area (Å²) in [4.78, 5) is 2.07. The van der Waals surface area contributed by atoms with Crippen LogP contribution in [0, 0.1) is 0 Å². The van der Waals surface area contributed by atoms with Gasteiger partial charge in [-0.1, -0.05) is 0 Å². The Morgan fingerprint density at radius 3 is 2.25 bits per heavy atom. The van der Waals surface area contributed by atoms with E-state index in [0.29, 0.717) is 6.61 Å². The van der Waals surface area contributed by atoms with Crippen molar-refractivity contribution in [1.82, 2.24) is 4.90 Å². The van der Waals surface area contributed by atoms with Gasteiger partial charge in [-0.3, -0.25) is 0 Å². The minimum atomic E-state index is -0.410. The zero-order chi connectivity index (χ0) is 9.40. The van der Waals surface area contributed by atoms with Crippen molar-refractivity contribution in [3.05, 3.63) is 0 Å². The molecule has 0 unspecified atom stereocenters. The van der Waals surface area contributed by atoms with Crippen molar-refractivity contribution in [2.24, 2.45) is 0 Å². The molecule has 0 rings (SSSR count). The Bertz CT molecular complexity index is 94.3. The zero-order valence-electron chi connectivity index (χ0n) is 7.86. The van der Waals surface area contributed by atoms with Crippen LogP contribution in [0.15, 0.2) is 0 Å². The molecule has 0 heterocycles. The van der Waals surface area contributed by atoms with E-state index in [4.69, 9.17) is 14.9 Å². The van der Waals surface area contributed by atoms with E-state index in [-0.39, 0.29) is 13.2 Å². The highest BCUT2D eigenvalue weighted by Gasteiger charge is 2.04. The molecule has 12 heavy (non-hydrogen) atoms. The molecule has 2 N–H and O–H groups in total. The van der Waals surface area contributed by atoms with Gasteiger partial charge in [0.2, 0.25) is 0 Å². The van der Waals surface area contributed by atoms with Crippen LogP contribution in [0.2, 0.25) is 0 Å². The predicted molar refractivity (Wildman–Crippen MR) is 47.1 cm³/mol. The summed E-state index contributed by atoms with van der Waals surface area (Å²) >= 11 is 0. The van der Waals surface area contributed by atoms with Crippen molar-refractivity contribution < 1.29 is 14.9 Å². The van der Waals surface area contributed by atoms with Gasteiger partial charge in [-0.05, 0) is 27.1 Å². The molecule has 0 spiro atoms.